The minimum Gasteiger partial charge on any atom is -0.396 e. The fourth-order valence-corrected chi connectivity index (χ4v) is 3.61. The van der Waals surface area contributed by atoms with E-state index in [1.54, 1.807) is 55.7 Å². The number of unbranched alkanes of at least 4 members (excludes halogenated alkanes) is 1. The molecule has 0 spiro atoms. The Hall–Kier alpha value is -3.56. The molecule has 158 valence electrons. The molecule has 5 nitrogen and oxygen atoms in total. The number of aromatic nitrogens is 1. The zero-order valence-corrected chi connectivity index (χ0v) is 17.3. The van der Waals surface area contributed by atoms with Crippen LogP contribution in [0.15, 0.2) is 59.5 Å². The Labute approximate surface area is 180 Å². The third-order valence-corrected chi connectivity index (χ3v) is 5.19. The number of aliphatic hydroxyl groups is 1. The molecule has 0 fully saturated rings. The summed E-state index contributed by atoms with van der Waals surface area (Å²) in [6.45, 7) is 0.0901. The molecule has 0 saturated carbocycles. The van der Waals surface area contributed by atoms with E-state index in [1.165, 1.54) is 10.6 Å². The molecule has 0 radical (unpaired) electrons. The number of Topliss-reactive ketones (excluding diaryl/α,β-unsaturated/α-hetero) is 1. The average molecular weight is 418 g/mol. The number of nitriles is 1. The third-order valence-electron chi connectivity index (χ3n) is 5.19. The highest BCUT2D eigenvalue weighted by Crippen LogP contribution is 2.28. The highest BCUT2D eigenvalue weighted by Gasteiger charge is 2.18. The summed E-state index contributed by atoms with van der Waals surface area (Å²) in [6.07, 6.45) is 3.57. The number of hydrogen-bond donors (Lipinski definition) is 1. The third kappa shape index (κ3) is 4.96. The largest absolute Gasteiger partial charge is 0.396 e. The van der Waals surface area contributed by atoms with Gasteiger partial charge in [-0.1, -0.05) is 36.4 Å². The van der Waals surface area contributed by atoms with E-state index in [0.29, 0.717) is 24.0 Å². The van der Waals surface area contributed by atoms with E-state index >= 15 is 0 Å². The second-order valence-electron chi connectivity index (χ2n) is 7.39. The molecule has 2 aromatic carbocycles. The fourth-order valence-electron chi connectivity index (χ4n) is 3.61. The molecule has 3 aromatic rings. The van der Waals surface area contributed by atoms with Crippen LogP contribution < -0.4 is 5.56 Å². The predicted molar refractivity (Wildman–Crippen MR) is 116 cm³/mol. The quantitative estimate of drug-likeness (QED) is 0.446. The Morgan fingerprint density at radius 3 is 2.58 bits per heavy atom. The van der Waals surface area contributed by atoms with Gasteiger partial charge in [0.05, 0.1) is 11.1 Å². The molecule has 31 heavy (non-hydrogen) atoms. The van der Waals surface area contributed by atoms with Gasteiger partial charge in [-0.3, -0.25) is 9.59 Å². The standard InChI is InChI=1S/C25H23FN2O3/c1-28-16-17(7-4-5-12-29)13-21(25(28)31)24(30)14-18-8-6-10-19(22(18)15-27)20-9-2-3-11-23(20)26/h2-3,6,8-11,13,16,29H,4-5,7,12,14H2,1H3. The van der Waals surface area contributed by atoms with Crippen molar-refractivity contribution in [2.24, 2.45) is 7.05 Å². The van der Waals surface area contributed by atoms with Crippen molar-refractivity contribution in [3.8, 4) is 17.2 Å². The van der Waals surface area contributed by atoms with Crippen LogP contribution in [0.1, 0.15) is 39.9 Å². The van der Waals surface area contributed by atoms with Gasteiger partial charge in [-0.05, 0) is 42.5 Å². The number of ketones is 1. The van der Waals surface area contributed by atoms with Gasteiger partial charge >= 0.3 is 0 Å². The maximum absolute atomic E-state index is 14.3. The highest BCUT2D eigenvalue weighted by atomic mass is 19.1. The summed E-state index contributed by atoms with van der Waals surface area (Å²) in [5, 5.41) is 18.7. The summed E-state index contributed by atoms with van der Waals surface area (Å²) < 4.78 is 15.7. The van der Waals surface area contributed by atoms with E-state index in [9.17, 15) is 19.2 Å². The summed E-state index contributed by atoms with van der Waals surface area (Å²) in [5.74, 6) is -0.848. The zero-order chi connectivity index (χ0) is 22.4. The molecule has 0 aliphatic carbocycles. The normalized spacial score (nSPS) is 10.6. The van der Waals surface area contributed by atoms with Crippen LogP contribution in [0.4, 0.5) is 4.39 Å². The molecule has 0 unspecified atom stereocenters. The molecular formula is C25H23FN2O3. The summed E-state index contributed by atoms with van der Waals surface area (Å²) in [5.41, 5.74) is 1.85. The smallest absolute Gasteiger partial charge is 0.261 e. The number of benzene rings is 2. The molecule has 0 atom stereocenters. The van der Waals surface area contributed by atoms with E-state index < -0.39 is 17.2 Å². The number of aryl methyl sites for hydroxylation is 2. The van der Waals surface area contributed by atoms with E-state index in [2.05, 4.69) is 6.07 Å². The highest BCUT2D eigenvalue weighted by molar-refractivity contribution is 5.98. The van der Waals surface area contributed by atoms with Gasteiger partial charge in [-0.25, -0.2) is 4.39 Å². The van der Waals surface area contributed by atoms with E-state index in [4.69, 9.17) is 5.11 Å². The monoisotopic (exact) mass is 418 g/mol. The molecule has 0 saturated heterocycles. The molecule has 1 N–H and O–H groups in total. The molecule has 0 bridgehead atoms. The minimum atomic E-state index is -0.452. The lowest BCUT2D eigenvalue weighted by Gasteiger charge is -2.11. The minimum absolute atomic E-state index is 0.0594. The lowest BCUT2D eigenvalue weighted by molar-refractivity contribution is 0.0991. The molecule has 1 heterocycles. The second kappa shape index (κ2) is 9.96. The summed E-state index contributed by atoms with van der Waals surface area (Å²) in [4.78, 5) is 25.6. The summed E-state index contributed by atoms with van der Waals surface area (Å²) in [6, 6.07) is 14.8. The Bertz CT molecular complexity index is 1210. The SMILES string of the molecule is Cn1cc(CCCCO)cc(C(=O)Cc2cccc(-c3ccccc3F)c2C#N)c1=O. The first-order valence-electron chi connectivity index (χ1n) is 10.1. The van der Waals surface area contributed by atoms with Crippen LogP contribution in [0.2, 0.25) is 0 Å². The zero-order valence-electron chi connectivity index (χ0n) is 17.3. The first kappa shape index (κ1) is 22.1. The van der Waals surface area contributed by atoms with Gasteiger partial charge in [0, 0.05) is 37.4 Å². The lowest BCUT2D eigenvalue weighted by Crippen LogP contribution is -2.25. The van der Waals surface area contributed by atoms with Crippen LogP contribution >= 0.6 is 0 Å². The number of carbonyl (C=O) groups excluding carboxylic acids is 1. The van der Waals surface area contributed by atoms with Crippen LogP contribution in [0, 0.1) is 17.1 Å². The first-order chi connectivity index (χ1) is 15.0. The van der Waals surface area contributed by atoms with Crippen LogP contribution in [0.25, 0.3) is 11.1 Å². The number of halogens is 1. The Morgan fingerprint density at radius 2 is 1.87 bits per heavy atom. The van der Waals surface area contributed by atoms with Gasteiger partial charge in [-0.15, -0.1) is 0 Å². The van der Waals surface area contributed by atoms with Crippen LogP contribution in [0.5, 0.6) is 0 Å². The van der Waals surface area contributed by atoms with Crippen molar-refractivity contribution < 1.29 is 14.3 Å². The number of nitrogens with zero attached hydrogens (tertiary/aromatic N) is 2. The van der Waals surface area contributed by atoms with Crippen molar-refractivity contribution >= 4 is 5.78 Å². The number of hydrogen-bond acceptors (Lipinski definition) is 4. The van der Waals surface area contributed by atoms with Gasteiger partial charge in [0.1, 0.15) is 11.9 Å². The van der Waals surface area contributed by atoms with E-state index in [0.717, 1.165) is 12.0 Å². The molecule has 3 rings (SSSR count). The number of carbonyl (C=O) groups is 1. The van der Waals surface area contributed by atoms with Gasteiger partial charge < -0.3 is 9.67 Å². The van der Waals surface area contributed by atoms with Crippen molar-refractivity contribution in [3.63, 3.8) is 0 Å². The van der Waals surface area contributed by atoms with E-state index in [-0.39, 0.29) is 29.7 Å². The van der Waals surface area contributed by atoms with Gasteiger partial charge in [0.15, 0.2) is 5.78 Å². The van der Waals surface area contributed by atoms with Gasteiger partial charge in [-0.2, -0.15) is 5.26 Å². The van der Waals surface area contributed by atoms with Crippen molar-refractivity contribution in [1.82, 2.24) is 4.57 Å². The maximum Gasteiger partial charge on any atom is 0.261 e. The van der Waals surface area contributed by atoms with Crippen LogP contribution in [-0.2, 0) is 19.9 Å². The molecule has 0 amide bonds. The van der Waals surface area contributed by atoms with Crippen molar-refractivity contribution in [2.45, 2.75) is 25.7 Å². The van der Waals surface area contributed by atoms with Crippen molar-refractivity contribution in [2.75, 3.05) is 6.61 Å². The van der Waals surface area contributed by atoms with Crippen molar-refractivity contribution in [3.05, 3.63) is 93.2 Å². The molecule has 6 heteroatoms. The lowest BCUT2D eigenvalue weighted by atomic mass is 9.92. The van der Waals surface area contributed by atoms with Crippen LogP contribution in [-0.4, -0.2) is 22.1 Å². The fraction of sp³-hybridized carbons (Fsp3) is 0.240. The molecule has 1 aromatic heterocycles. The molecule has 0 aliphatic heterocycles. The Morgan fingerprint density at radius 1 is 1.13 bits per heavy atom. The maximum atomic E-state index is 14.3. The number of pyridine rings is 1. The second-order valence-corrected chi connectivity index (χ2v) is 7.39. The summed E-state index contributed by atoms with van der Waals surface area (Å²) >= 11 is 0. The van der Waals surface area contributed by atoms with Gasteiger partial charge in [0.25, 0.3) is 5.56 Å². The number of aliphatic hydroxyl groups excluding tert-OH is 1. The Kier molecular flexibility index (Phi) is 7.11. The van der Waals surface area contributed by atoms with Crippen LogP contribution in [0.3, 0.4) is 0 Å². The first-order valence-corrected chi connectivity index (χ1v) is 10.1. The van der Waals surface area contributed by atoms with E-state index in [1.807, 2.05) is 0 Å². The molecule has 0 aliphatic rings. The molecular weight excluding hydrogens is 395 g/mol. The topological polar surface area (TPSA) is 83.1 Å². The summed E-state index contributed by atoms with van der Waals surface area (Å²) in [7, 11) is 1.59. The predicted octanol–water partition coefficient (Wildman–Crippen LogP) is 3.80. The number of rotatable bonds is 8. The van der Waals surface area contributed by atoms with Crippen molar-refractivity contribution in [1.29, 1.82) is 5.26 Å². The Balaban J connectivity index is 1.96. The average Bonchev–Trinajstić information content (AvgIpc) is 2.76. The van der Waals surface area contributed by atoms with Gasteiger partial charge in [0.2, 0.25) is 0 Å².